The third kappa shape index (κ3) is 3.41. The van der Waals surface area contributed by atoms with Gasteiger partial charge in [0.1, 0.15) is 34.8 Å². The summed E-state index contributed by atoms with van der Waals surface area (Å²) in [7, 11) is 1.54. The van der Waals surface area contributed by atoms with Crippen LogP contribution < -0.4 is 9.64 Å². The molecule has 1 fully saturated rings. The second-order valence-corrected chi connectivity index (χ2v) is 7.79. The number of phenols is 1. The lowest BCUT2D eigenvalue weighted by Crippen LogP contribution is -2.29. The van der Waals surface area contributed by atoms with Crippen molar-refractivity contribution < 1.29 is 29.0 Å². The maximum atomic E-state index is 13.1. The summed E-state index contributed by atoms with van der Waals surface area (Å²) in [5, 5.41) is 21.6. The Labute approximate surface area is 185 Å². The van der Waals surface area contributed by atoms with Crippen molar-refractivity contribution in [1.29, 1.82) is 0 Å². The third-order valence-electron chi connectivity index (χ3n) is 5.53. The molecule has 2 N–H and O–H groups in total. The SMILES string of the molecule is COc1ccc(/C(O)=C2/C(=O)C(=O)N(c3cc(C)ccc3O)C2c2ccc(C)o2)cc1C. The molecule has 32 heavy (non-hydrogen) atoms. The number of aliphatic hydroxyl groups excluding tert-OH is 1. The topological polar surface area (TPSA) is 100 Å². The highest BCUT2D eigenvalue weighted by Crippen LogP contribution is 2.45. The Morgan fingerprint density at radius 2 is 1.78 bits per heavy atom. The highest BCUT2D eigenvalue weighted by molar-refractivity contribution is 6.51. The number of hydrogen-bond acceptors (Lipinski definition) is 6. The van der Waals surface area contributed by atoms with Gasteiger partial charge in [-0.05, 0) is 74.4 Å². The van der Waals surface area contributed by atoms with E-state index in [0.717, 1.165) is 11.1 Å². The predicted molar refractivity (Wildman–Crippen MR) is 119 cm³/mol. The fourth-order valence-corrected chi connectivity index (χ4v) is 3.96. The molecular formula is C25H23NO6. The molecule has 1 aliphatic rings. The fraction of sp³-hybridized carbons (Fsp3) is 0.200. The van der Waals surface area contributed by atoms with Gasteiger partial charge >= 0.3 is 0 Å². The summed E-state index contributed by atoms with van der Waals surface area (Å²) in [6.45, 7) is 5.37. The van der Waals surface area contributed by atoms with Crippen LogP contribution in [-0.4, -0.2) is 29.0 Å². The van der Waals surface area contributed by atoms with Gasteiger partial charge in [-0.2, -0.15) is 0 Å². The molecule has 2 heterocycles. The quantitative estimate of drug-likeness (QED) is 0.356. The number of aliphatic hydroxyl groups is 1. The van der Waals surface area contributed by atoms with Crippen molar-refractivity contribution in [1.82, 2.24) is 0 Å². The van der Waals surface area contributed by atoms with Gasteiger partial charge in [0, 0.05) is 5.56 Å². The lowest BCUT2D eigenvalue weighted by Gasteiger charge is -2.24. The van der Waals surface area contributed by atoms with E-state index < -0.39 is 17.7 Å². The normalized spacial score (nSPS) is 17.8. The molecule has 1 aliphatic heterocycles. The van der Waals surface area contributed by atoms with Crippen molar-refractivity contribution in [2.75, 3.05) is 12.0 Å². The number of hydrogen-bond donors (Lipinski definition) is 2. The number of aryl methyl sites for hydroxylation is 3. The molecule has 1 unspecified atom stereocenters. The van der Waals surface area contributed by atoms with Gasteiger partial charge in [-0.1, -0.05) is 6.07 Å². The number of carbonyl (C=O) groups is 2. The Hall–Kier alpha value is -4.00. The minimum atomic E-state index is -1.04. The molecule has 7 nitrogen and oxygen atoms in total. The first-order valence-corrected chi connectivity index (χ1v) is 10.0. The Balaban J connectivity index is 1.96. The van der Waals surface area contributed by atoms with Crippen LogP contribution in [0.4, 0.5) is 5.69 Å². The van der Waals surface area contributed by atoms with Crippen LogP contribution in [0.2, 0.25) is 0 Å². The summed E-state index contributed by atoms with van der Waals surface area (Å²) in [4.78, 5) is 27.4. The Kier molecular flexibility index (Phi) is 5.26. The molecule has 0 aliphatic carbocycles. The third-order valence-corrected chi connectivity index (χ3v) is 5.53. The molecule has 1 atom stereocenters. The first-order valence-electron chi connectivity index (χ1n) is 10.0. The molecule has 4 rings (SSSR count). The van der Waals surface area contributed by atoms with E-state index in [2.05, 4.69) is 0 Å². The molecule has 0 saturated carbocycles. The molecule has 1 amide bonds. The largest absolute Gasteiger partial charge is 0.507 e. The lowest BCUT2D eigenvalue weighted by atomic mass is 9.98. The van der Waals surface area contributed by atoms with Gasteiger partial charge in [-0.25, -0.2) is 0 Å². The lowest BCUT2D eigenvalue weighted by molar-refractivity contribution is -0.132. The summed E-state index contributed by atoms with van der Waals surface area (Å²) in [6.07, 6.45) is 0. The predicted octanol–water partition coefficient (Wildman–Crippen LogP) is 4.55. The molecule has 1 aromatic heterocycles. The van der Waals surface area contributed by atoms with Crippen molar-refractivity contribution in [2.24, 2.45) is 0 Å². The number of carbonyl (C=O) groups excluding carboxylic acids is 2. The molecule has 1 saturated heterocycles. The zero-order chi connectivity index (χ0) is 23.2. The highest BCUT2D eigenvalue weighted by Gasteiger charge is 2.49. The number of nitrogens with zero attached hydrogens (tertiary/aromatic N) is 1. The van der Waals surface area contributed by atoms with Gasteiger partial charge < -0.3 is 19.4 Å². The smallest absolute Gasteiger partial charge is 0.300 e. The Morgan fingerprint density at radius 1 is 1.03 bits per heavy atom. The van der Waals surface area contributed by atoms with Crippen LogP contribution in [0.25, 0.3) is 5.76 Å². The van der Waals surface area contributed by atoms with Gasteiger partial charge in [0.15, 0.2) is 0 Å². The molecule has 3 aromatic rings. The first kappa shape index (κ1) is 21.2. The second-order valence-electron chi connectivity index (χ2n) is 7.79. The molecule has 0 spiro atoms. The maximum absolute atomic E-state index is 13.1. The number of amides is 1. The Morgan fingerprint density at radius 3 is 2.41 bits per heavy atom. The van der Waals surface area contributed by atoms with E-state index in [0.29, 0.717) is 22.8 Å². The molecule has 2 aromatic carbocycles. The number of ketones is 1. The number of rotatable bonds is 4. The molecule has 164 valence electrons. The molecular weight excluding hydrogens is 410 g/mol. The van der Waals surface area contributed by atoms with Crippen LogP contribution in [0, 0.1) is 20.8 Å². The first-order chi connectivity index (χ1) is 15.2. The van der Waals surface area contributed by atoms with Gasteiger partial charge in [0.25, 0.3) is 11.7 Å². The number of Topliss-reactive ketones (excluding diaryl/α,β-unsaturated/α-hetero) is 1. The number of ether oxygens (including phenoxy) is 1. The van der Waals surface area contributed by atoms with Gasteiger partial charge in [-0.3, -0.25) is 14.5 Å². The number of phenolic OH excluding ortho intramolecular Hbond substituents is 1. The van der Waals surface area contributed by atoms with E-state index in [4.69, 9.17) is 9.15 Å². The van der Waals surface area contributed by atoms with Crippen LogP contribution in [0.15, 0.2) is 58.5 Å². The minimum absolute atomic E-state index is 0.116. The molecule has 0 radical (unpaired) electrons. The number of aromatic hydroxyl groups is 1. The van der Waals surface area contributed by atoms with E-state index >= 15 is 0 Å². The van der Waals surface area contributed by atoms with E-state index in [1.54, 1.807) is 56.5 Å². The monoisotopic (exact) mass is 433 g/mol. The zero-order valence-electron chi connectivity index (χ0n) is 18.2. The number of furan rings is 1. The van der Waals surface area contributed by atoms with E-state index in [1.807, 2.05) is 13.8 Å². The van der Waals surface area contributed by atoms with Crippen molar-refractivity contribution in [3.05, 3.63) is 82.3 Å². The standard InChI is InChI=1S/C25H23NO6/c1-13-5-8-18(27)17(11-13)26-22(20-9-6-15(3)32-20)21(24(29)25(26)30)23(28)16-7-10-19(31-4)14(2)12-16/h5-12,22,27-28H,1-4H3/b23-21-. The highest BCUT2D eigenvalue weighted by atomic mass is 16.5. The van der Waals surface area contributed by atoms with Crippen LogP contribution in [0.3, 0.4) is 0 Å². The number of anilines is 1. The van der Waals surface area contributed by atoms with Crippen molar-refractivity contribution in [2.45, 2.75) is 26.8 Å². The van der Waals surface area contributed by atoms with Gasteiger partial charge in [0.05, 0.1) is 18.4 Å². The summed E-state index contributed by atoms with van der Waals surface area (Å²) in [6, 6.07) is 12.1. The van der Waals surface area contributed by atoms with E-state index in [1.165, 1.54) is 11.0 Å². The van der Waals surface area contributed by atoms with Gasteiger partial charge in [-0.15, -0.1) is 0 Å². The van der Waals surface area contributed by atoms with Crippen molar-refractivity contribution in [3.63, 3.8) is 0 Å². The van der Waals surface area contributed by atoms with Crippen LogP contribution >= 0.6 is 0 Å². The average Bonchev–Trinajstić information content (AvgIpc) is 3.30. The van der Waals surface area contributed by atoms with Crippen LogP contribution in [0.5, 0.6) is 11.5 Å². The summed E-state index contributed by atoms with van der Waals surface area (Å²) >= 11 is 0. The van der Waals surface area contributed by atoms with Crippen LogP contribution in [-0.2, 0) is 9.59 Å². The number of benzene rings is 2. The van der Waals surface area contributed by atoms with E-state index in [9.17, 15) is 19.8 Å². The zero-order valence-corrected chi connectivity index (χ0v) is 18.2. The minimum Gasteiger partial charge on any atom is -0.507 e. The maximum Gasteiger partial charge on any atom is 0.300 e. The van der Waals surface area contributed by atoms with E-state index in [-0.39, 0.29) is 22.8 Å². The second kappa shape index (κ2) is 7.92. The summed E-state index contributed by atoms with van der Waals surface area (Å²) < 4.78 is 11.0. The van der Waals surface area contributed by atoms with Crippen molar-refractivity contribution in [3.8, 4) is 11.5 Å². The summed E-state index contributed by atoms with van der Waals surface area (Å²) in [5.74, 6) is -0.708. The Bertz CT molecular complexity index is 1270. The fourth-order valence-electron chi connectivity index (χ4n) is 3.96. The van der Waals surface area contributed by atoms with Gasteiger partial charge in [0.2, 0.25) is 0 Å². The van der Waals surface area contributed by atoms with Crippen LogP contribution in [0.1, 0.15) is 34.3 Å². The summed E-state index contributed by atoms with van der Waals surface area (Å²) in [5.41, 5.74) is 1.96. The molecule has 0 bridgehead atoms. The van der Waals surface area contributed by atoms with Crippen molar-refractivity contribution >= 4 is 23.1 Å². The number of methoxy groups -OCH3 is 1. The average molecular weight is 433 g/mol. The molecule has 7 heteroatoms.